The monoisotopic (exact) mass is 934 g/mol. The highest BCUT2D eigenvalue weighted by Gasteiger charge is 2.46. The first-order valence-electron chi connectivity index (χ1n) is 24.2. The van der Waals surface area contributed by atoms with Gasteiger partial charge in [-0.2, -0.15) is 0 Å². The summed E-state index contributed by atoms with van der Waals surface area (Å²) >= 11 is 0. The molecule has 17 nitrogen and oxygen atoms in total. The maximum atomic E-state index is 13.7. The number of cyclic esters (lactones) is 1. The van der Waals surface area contributed by atoms with Crippen LogP contribution in [-0.2, 0) is 47.7 Å². The van der Waals surface area contributed by atoms with Gasteiger partial charge in [0.15, 0.2) is 0 Å². The van der Waals surface area contributed by atoms with Crippen LogP contribution in [0.3, 0.4) is 0 Å². The molecule has 3 heterocycles. The summed E-state index contributed by atoms with van der Waals surface area (Å²) in [6.07, 6.45) is 10.7. The van der Waals surface area contributed by atoms with E-state index in [1.165, 1.54) is 5.57 Å². The molecule has 1 unspecified atom stereocenters. The third-order valence-corrected chi connectivity index (χ3v) is 13.4. The third kappa shape index (κ3) is 14.0. The maximum absolute atomic E-state index is 13.7. The fraction of sp³-hybridized carbons (Fsp3) is 0.660. The molecule has 2 aliphatic carbocycles. The zero-order valence-electron chi connectivity index (χ0n) is 39.5. The Balaban J connectivity index is 0.773. The summed E-state index contributed by atoms with van der Waals surface area (Å²) in [5, 5.41) is 18.4. The van der Waals surface area contributed by atoms with Gasteiger partial charge < -0.3 is 39.4 Å². The van der Waals surface area contributed by atoms with Crippen LogP contribution in [0, 0.1) is 29.1 Å². The number of amides is 5. The topological polar surface area (TPSA) is 225 Å². The van der Waals surface area contributed by atoms with E-state index in [1.807, 2.05) is 13.8 Å². The molecule has 17 heteroatoms. The highest BCUT2D eigenvalue weighted by Crippen LogP contribution is 2.46. The molecule has 67 heavy (non-hydrogen) atoms. The molecule has 5 amide bonds. The molecule has 0 spiro atoms. The van der Waals surface area contributed by atoms with Crippen LogP contribution in [0.4, 0.5) is 5.69 Å². The van der Waals surface area contributed by atoms with Gasteiger partial charge >= 0.3 is 11.9 Å². The number of nitrogens with zero attached hydrogens (tertiary/aromatic N) is 1. The number of rotatable bonds is 25. The Morgan fingerprint density at radius 3 is 2.34 bits per heavy atom. The SMILES string of the molecule is C[C@H]1C=C2C=C[C@H](C)[C@H](CC[C@@H]3C[C@@H](O)CC(=O)O3)[C@H]2[C@@H](OC(=O)C(C)(C)CCC(=O)NCCOCCCOCCCOCCCNc2cccc3c2C(=O)N(C2CCC(=O)NC2=O)C3=O)C1. The number of ether oxygens (including phenoxy) is 5. The average molecular weight is 935 g/mol. The molecule has 4 N–H and O–H groups in total. The van der Waals surface area contributed by atoms with Crippen LogP contribution in [0.5, 0.6) is 0 Å². The van der Waals surface area contributed by atoms with E-state index >= 15 is 0 Å². The van der Waals surface area contributed by atoms with E-state index in [0.29, 0.717) is 96.9 Å². The molecule has 1 aromatic rings. The van der Waals surface area contributed by atoms with E-state index in [-0.39, 0.29) is 90.5 Å². The number of hydrogen-bond acceptors (Lipinski definition) is 14. The number of allylic oxidation sites excluding steroid dienone is 3. The molecule has 0 radical (unpaired) electrons. The molecule has 0 saturated carbocycles. The highest BCUT2D eigenvalue weighted by molar-refractivity contribution is 6.25. The van der Waals surface area contributed by atoms with Crippen LogP contribution in [0.1, 0.15) is 125 Å². The van der Waals surface area contributed by atoms with Crippen LogP contribution in [0.2, 0.25) is 0 Å². The first kappa shape index (κ1) is 51.4. The van der Waals surface area contributed by atoms with Gasteiger partial charge in [-0.05, 0) is 101 Å². The zero-order chi connectivity index (χ0) is 48.1. The van der Waals surface area contributed by atoms with Crippen LogP contribution < -0.4 is 16.0 Å². The number of fused-ring (bicyclic) bond motifs is 2. The summed E-state index contributed by atoms with van der Waals surface area (Å²) in [5.41, 5.74) is 1.27. The largest absolute Gasteiger partial charge is 0.462 e. The number of aliphatic hydroxyl groups is 1. The van der Waals surface area contributed by atoms with Crippen molar-refractivity contribution < 1.29 is 62.4 Å². The molecular formula is C50H70N4O13. The Bertz CT molecular complexity index is 2020. The van der Waals surface area contributed by atoms with Gasteiger partial charge in [-0.25, -0.2) is 0 Å². The van der Waals surface area contributed by atoms with Gasteiger partial charge in [0.1, 0.15) is 18.2 Å². The number of anilines is 1. The molecule has 368 valence electrons. The van der Waals surface area contributed by atoms with E-state index in [9.17, 15) is 38.7 Å². The van der Waals surface area contributed by atoms with E-state index in [0.717, 1.165) is 17.7 Å². The number of piperidine rings is 1. The van der Waals surface area contributed by atoms with Crippen molar-refractivity contribution in [1.29, 1.82) is 0 Å². The molecule has 0 bridgehead atoms. The second-order valence-electron chi connectivity index (χ2n) is 19.2. The van der Waals surface area contributed by atoms with E-state index in [1.54, 1.807) is 18.2 Å². The number of carbonyl (C=O) groups is 7. The molecule has 6 rings (SSSR count). The van der Waals surface area contributed by atoms with Crippen molar-refractivity contribution in [3.8, 4) is 0 Å². The summed E-state index contributed by atoms with van der Waals surface area (Å²) in [5.74, 6) is -2.31. The van der Waals surface area contributed by atoms with Crippen molar-refractivity contribution in [2.24, 2.45) is 29.1 Å². The molecule has 8 atom stereocenters. The molecule has 2 fully saturated rings. The normalized spacial score (nSPS) is 26.1. The summed E-state index contributed by atoms with van der Waals surface area (Å²) in [7, 11) is 0. The number of benzene rings is 1. The minimum absolute atomic E-state index is 0.0167. The number of nitrogens with one attached hydrogen (secondary N) is 3. The van der Waals surface area contributed by atoms with Gasteiger partial charge in [0.05, 0.1) is 35.7 Å². The second-order valence-corrected chi connectivity index (χ2v) is 19.2. The minimum atomic E-state index is -1.01. The molecule has 2 saturated heterocycles. The van der Waals surface area contributed by atoms with E-state index in [2.05, 4.69) is 48.0 Å². The fourth-order valence-corrected chi connectivity index (χ4v) is 9.71. The summed E-state index contributed by atoms with van der Waals surface area (Å²) in [4.78, 5) is 89.5. The Kier molecular flexibility index (Phi) is 18.7. The molecule has 1 aromatic carbocycles. The van der Waals surface area contributed by atoms with Gasteiger partial charge in [-0.3, -0.25) is 43.8 Å². The Morgan fingerprint density at radius 2 is 1.63 bits per heavy atom. The van der Waals surface area contributed by atoms with Gasteiger partial charge in [-0.15, -0.1) is 0 Å². The van der Waals surface area contributed by atoms with E-state index in [4.69, 9.17) is 23.7 Å². The number of imide groups is 2. The first-order valence-corrected chi connectivity index (χ1v) is 24.2. The standard InChI is InChI=1S/C50H70N4O13/c1-31-27-33-12-11-32(2)36(14-13-35-29-34(55)30-43(58)66-35)44(33)40(28-31)67-49(62)50(3,4)18-17-41(56)52-20-26-65-25-8-24-64-23-7-22-63-21-6-19-51-38-10-5-9-37-45(38)48(61)54(47(37)60)39-15-16-42(57)53-46(39)59/h5,9-12,27,31-32,34-36,39-40,44,51,55H,6-8,13-26,28-30H2,1-4H3,(H,52,56)(H,53,57,59)/t31-,32-,34+,35+,36-,39?,40-,44-/m0/s1. The smallest absolute Gasteiger partial charge is 0.311 e. The predicted molar refractivity (Wildman–Crippen MR) is 245 cm³/mol. The maximum Gasteiger partial charge on any atom is 0.311 e. The Labute approximate surface area is 393 Å². The minimum Gasteiger partial charge on any atom is -0.462 e. The lowest BCUT2D eigenvalue weighted by Gasteiger charge is -2.44. The first-order chi connectivity index (χ1) is 32.1. The summed E-state index contributed by atoms with van der Waals surface area (Å²) in [6, 6.07) is 3.95. The molecule has 3 aliphatic heterocycles. The van der Waals surface area contributed by atoms with Crippen LogP contribution in [-0.4, -0.2) is 129 Å². The van der Waals surface area contributed by atoms with Gasteiger partial charge in [-0.1, -0.05) is 38.1 Å². The third-order valence-electron chi connectivity index (χ3n) is 13.4. The number of carbonyl (C=O) groups excluding carboxylic acids is 7. The lowest BCUT2D eigenvalue weighted by molar-refractivity contribution is -0.166. The molecular weight excluding hydrogens is 865 g/mol. The Hall–Kier alpha value is -4.97. The average Bonchev–Trinajstić information content (AvgIpc) is 3.53. The van der Waals surface area contributed by atoms with Crippen molar-refractivity contribution in [3.63, 3.8) is 0 Å². The predicted octanol–water partition coefficient (Wildman–Crippen LogP) is 4.81. The lowest BCUT2D eigenvalue weighted by Crippen LogP contribution is -2.54. The van der Waals surface area contributed by atoms with Crippen LogP contribution in [0.25, 0.3) is 0 Å². The quantitative estimate of drug-likeness (QED) is 0.0587. The summed E-state index contributed by atoms with van der Waals surface area (Å²) in [6.45, 7) is 11.7. The van der Waals surface area contributed by atoms with Gasteiger partial charge in [0, 0.05) is 77.0 Å². The molecule has 0 aromatic heterocycles. The number of esters is 2. The number of hydrogen-bond donors (Lipinski definition) is 4. The van der Waals surface area contributed by atoms with Gasteiger partial charge in [0.2, 0.25) is 17.7 Å². The van der Waals surface area contributed by atoms with Crippen molar-refractivity contribution in [1.82, 2.24) is 15.5 Å². The van der Waals surface area contributed by atoms with Crippen molar-refractivity contribution in [3.05, 3.63) is 53.1 Å². The fourth-order valence-electron chi connectivity index (χ4n) is 9.71. The van der Waals surface area contributed by atoms with Crippen LogP contribution >= 0.6 is 0 Å². The number of aliphatic hydroxyl groups excluding tert-OH is 1. The summed E-state index contributed by atoms with van der Waals surface area (Å²) < 4.78 is 28.9. The van der Waals surface area contributed by atoms with Crippen molar-refractivity contribution >= 4 is 47.2 Å². The van der Waals surface area contributed by atoms with Crippen molar-refractivity contribution in [2.75, 3.05) is 58.0 Å². The van der Waals surface area contributed by atoms with Crippen LogP contribution in [0.15, 0.2) is 42.0 Å². The lowest BCUT2D eigenvalue weighted by atomic mass is 9.65. The second kappa shape index (κ2) is 24.4. The molecule has 5 aliphatic rings. The van der Waals surface area contributed by atoms with Crippen molar-refractivity contribution in [2.45, 2.75) is 129 Å². The van der Waals surface area contributed by atoms with E-state index < -0.39 is 41.2 Å². The Morgan fingerprint density at radius 1 is 0.910 bits per heavy atom. The van der Waals surface area contributed by atoms with Gasteiger partial charge in [0.25, 0.3) is 11.8 Å². The highest BCUT2D eigenvalue weighted by atomic mass is 16.6. The zero-order valence-corrected chi connectivity index (χ0v) is 39.5.